The average Bonchev–Trinajstić information content (AvgIpc) is 3.15. The van der Waals surface area contributed by atoms with E-state index in [0.29, 0.717) is 28.7 Å². The number of benzene rings is 3. The Balaban J connectivity index is 0.00000342. The van der Waals surface area contributed by atoms with Crippen molar-refractivity contribution in [1.29, 1.82) is 0 Å². The molecule has 0 bridgehead atoms. The molecule has 0 aliphatic carbocycles. The maximum Gasteiger partial charge on any atom is 0.349 e. The van der Waals surface area contributed by atoms with Gasteiger partial charge in [0.05, 0.1) is 12.3 Å². The number of nitrogens with zero attached hydrogens (tertiary/aromatic N) is 2. The molecule has 0 spiro atoms. The third-order valence-corrected chi connectivity index (χ3v) is 6.16. The van der Waals surface area contributed by atoms with E-state index in [9.17, 15) is 15.0 Å². The number of unbranched alkanes of at least 4 members (excludes halogenated alkanes) is 1. The van der Waals surface area contributed by atoms with Crippen molar-refractivity contribution in [2.24, 2.45) is 0 Å². The number of hydrogen-bond donors (Lipinski definition) is 2. The van der Waals surface area contributed by atoms with Crippen LogP contribution in [0.1, 0.15) is 48.5 Å². The molecule has 0 amide bonds. The summed E-state index contributed by atoms with van der Waals surface area (Å²) >= 11 is 6.24. The fourth-order valence-corrected chi connectivity index (χ4v) is 4.35. The second kappa shape index (κ2) is 11.8. The van der Waals surface area contributed by atoms with Crippen LogP contribution in [0, 0.1) is 0 Å². The molecular weight excluding hydrogens is 468 g/mol. The summed E-state index contributed by atoms with van der Waals surface area (Å²) in [4.78, 5) is 16.5. The number of aliphatic hydroxyl groups is 1. The van der Waals surface area contributed by atoms with Crippen LogP contribution in [-0.4, -0.2) is 31.2 Å². The highest BCUT2D eigenvalue weighted by molar-refractivity contribution is 6.30. The van der Waals surface area contributed by atoms with Crippen molar-refractivity contribution in [3.63, 3.8) is 0 Å². The highest BCUT2D eigenvalue weighted by Crippen LogP contribution is 2.29. The zero-order valence-electron chi connectivity index (χ0n) is 19.4. The number of carbonyl (C=O) groups is 1. The lowest BCUT2D eigenvalue weighted by Gasteiger charge is -2.18. The largest absolute Gasteiger partial charge is 0.478 e. The van der Waals surface area contributed by atoms with Gasteiger partial charge < -0.3 is 25.0 Å². The van der Waals surface area contributed by atoms with Crippen molar-refractivity contribution in [3.05, 3.63) is 94.5 Å². The molecule has 0 saturated carbocycles. The smallest absolute Gasteiger partial charge is 0.349 e. The molecule has 0 radical (unpaired) electrons. The molecule has 0 fully saturated rings. The summed E-state index contributed by atoms with van der Waals surface area (Å²) in [5.41, 5.74) is 2.16. The maximum atomic E-state index is 12.1. The number of ether oxygens (including phenoxy) is 1. The third-order valence-electron chi connectivity index (χ3n) is 5.85. The number of aromatic nitrogens is 2. The van der Waals surface area contributed by atoms with E-state index in [0.717, 1.165) is 41.4 Å². The Labute approximate surface area is 208 Å². The topological polar surface area (TPSA) is 116 Å². The molecule has 4 aromatic rings. The Kier molecular flexibility index (Phi) is 8.87. The average molecular weight is 497 g/mol. The number of halogens is 1. The van der Waals surface area contributed by atoms with Crippen LogP contribution >= 0.6 is 11.6 Å². The number of fused-ring (bicyclic) bond motifs is 1. The van der Waals surface area contributed by atoms with E-state index in [2.05, 4.69) is 11.9 Å². The quantitative estimate of drug-likeness (QED) is 0.322. The van der Waals surface area contributed by atoms with Crippen LogP contribution in [0.3, 0.4) is 0 Å². The van der Waals surface area contributed by atoms with Gasteiger partial charge in [0.2, 0.25) is 6.10 Å². The van der Waals surface area contributed by atoms with Crippen molar-refractivity contribution >= 4 is 28.3 Å². The van der Waals surface area contributed by atoms with Gasteiger partial charge in [-0.2, -0.15) is 0 Å². The second-order valence-corrected chi connectivity index (χ2v) is 8.52. The Morgan fingerprint density at radius 2 is 1.80 bits per heavy atom. The predicted molar refractivity (Wildman–Crippen MR) is 136 cm³/mol. The molecule has 0 aliphatic rings. The van der Waals surface area contributed by atoms with Gasteiger partial charge in [-0.1, -0.05) is 79.5 Å². The van der Waals surface area contributed by atoms with Crippen molar-refractivity contribution in [2.45, 2.75) is 45.4 Å². The molecule has 184 valence electrons. The first-order chi connectivity index (χ1) is 16.5. The highest BCUT2D eigenvalue weighted by Gasteiger charge is 2.24. The van der Waals surface area contributed by atoms with Gasteiger partial charge in [0.15, 0.2) is 5.15 Å². The van der Waals surface area contributed by atoms with Gasteiger partial charge in [0.1, 0.15) is 11.6 Å². The number of aliphatic hydroxyl groups excluding tert-OH is 1. The molecule has 4 rings (SSSR count). The molecule has 1 aromatic heterocycles. The number of hydrogen-bond acceptors (Lipinski definition) is 4. The van der Waals surface area contributed by atoms with Gasteiger partial charge in [-0.05, 0) is 34.9 Å². The van der Waals surface area contributed by atoms with Crippen LogP contribution < -0.4 is 4.74 Å². The van der Waals surface area contributed by atoms with Crippen LogP contribution in [0.25, 0.3) is 10.8 Å². The number of imidazole rings is 1. The minimum Gasteiger partial charge on any atom is -0.478 e. The summed E-state index contributed by atoms with van der Waals surface area (Å²) < 4.78 is 7.87. The Morgan fingerprint density at radius 3 is 2.49 bits per heavy atom. The maximum absolute atomic E-state index is 12.1. The molecule has 35 heavy (non-hydrogen) atoms. The second-order valence-electron chi connectivity index (χ2n) is 8.16. The number of carboxylic acid groups (broad SMARTS) is 1. The lowest BCUT2D eigenvalue weighted by Crippen LogP contribution is -2.18. The van der Waals surface area contributed by atoms with Crippen LogP contribution in [0.5, 0.6) is 5.75 Å². The lowest BCUT2D eigenvalue weighted by molar-refractivity contribution is -0.145. The Bertz CT molecular complexity index is 1280. The van der Waals surface area contributed by atoms with Gasteiger partial charge in [0, 0.05) is 18.5 Å². The van der Waals surface area contributed by atoms with Crippen LogP contribution in [0.4, 0.5) is 0 Å². The first-order valence-electron chi connectivity index (χ1n) is 11.3. The predicted octanol–water partition coefficient (Wildman–Crippen LogP) is 4.95. The van der Waals surface area contributed by atoms with E-state index in [1.165, 1.54) is 0 Å². The van der Waals surface area contributed by atoms with E-state index in [1.54, 1.807) is 18.2 Å². The summed E-state index contributed by atoms with van der Waals surface area (Å²) in [5, 5.41) is 21.8. The molecule has 1 unspecified atom stereocenters. The zero-order valence-corrected chi connectivity index (χ0v) is 20.2. The SMILES string of the molecule is CCCCc1nc(Cl)c(CO)n1Cc1ccc(OC(C(=O)O)c2cccc3ccccc23)cc1.O. The Morgan fingerprint density at radius 1 is 1.09 bits per heavy atom. The molecule has 0 saturated heterocycles. The molecule has 1 atom stereocenters. The van der Waals surface area contributed by atoms with Gasteiger partial charge in [-0.25, -0.2) is 9.78 Å². The van der Waals surface area contributed by atoms with E-state index in [1.807, 2.05) is 53.1 Å². The minimum atomic E-state index is -1.13. The highest BCUT2D eigenvalue weighted by atomic mass is 35.5. The summed E-state index contributed by atoms with van der Waals surface area (Å²) in [6.07, 6.45) is 1.66. The fraction of sp³-hybridized carbons (Fsp3) is 0.259. The minimum absolute atomic E-state index is 0. The van der Waals surface area contributed by atoms with E-state index < -0.39 is 12.1 Å². The normalized spacial score (nSPS) is 11.7. The fourth-order valence-electron chi connectivity index (χ4n) is 4.09. The number of carboxylic acids is 1. The van der Waals surface area contributed by atoms with Crippen molar-refractivity contribution in [2.75, 3.05) is 0 Å². The first kappa shape index (κ1) is 26.2. The summed E-state index contributed by atoms with van der Waals surface area (Å²) in [6, 6.07) is 20.5. The van der Waals surface area contributed by atoms with E-state index in [-0.39, 0.29) is 12.1 Å². The third kappa shape index (κ3) is 5.82. The van der Waals surface area contributed by atoms with Gasteiger partial charge in [-0.15, -0.1) is 0 Å². The van der Waals surface area contributed by atoms with Gasteiger partial charge in [0.25, 0.3) is 0 Å². The van der Waals surface area contributed by atoms with Crippen molar-refractivity contribution in [1.82, 2.24) is 9.55 Å². The van der Waals surface area contributed by atoms with Crippen molar-refractivity contribution in [3.8, 4) is 5.75 Å². The molecule has 8 heteroatoms. The summed E-state index contributed by atoms with van der Waals surface area (Å²) in [5.74, 6) is 0.251. The number of aryl methyl sites for hydroxylation is 1. The molecule has 0 aliphatic heterocycles. The zero-order chi connectivity index (χ0) is 24.1. The summed E-state index contributed by atoms with van der Waals surface area (Å²) in [7, 11) is 0. The number of aliphatic carboxylic acids is 1. The van der Waals surface area contributed by atoms with Crippen LogP contribution in [0.2, 0.25) is 5.15 Å². The van der Waals surface area contributed by atoms with E-state index >= 15 is 0 Å². The van der Waals surface area contributed by atoms with E-state index in [4.69, 9.17) is 16.3 Å². The standard InChI is InChI=1S/C27H27ClN2O4.H2O/c1-2-3-11-24-29-26(28)23(17-31)30(24)16-18-12-14-20(15-13-18)34-25(27(32)33)22-10-6-8-19-7-4-5-9-21(19)22;/h4-10,12-15,25,31H,2-3,11,16-17H2,1H3,(H,32,33);1H2. The molecule has 1 heterocycles. The molecular formula is C27H29ClN2O5. The molecule has 4 N–H and O–H groups in total. The van der Waals surface area contributed by atoms with Crippen molar-refractivity contribution < 1.29 is 25.2 Å². The number of rotatable bonds is 10. The lowest BCUT2D eigenvalue weighted by atomic mass is 10.0. The Hall–Kier alpha value is -3.39. The first-order valence-corrected chi connectivity index (χ1v) is 11.7. The monoisotopic (exact) mass is 496 g/mol. The van der Waals surface area contributed by atoms with Gasteiger partial charge >= 0.3 is 5.97 Å². The van der Waals surface area contributed by atoms with Crippen LogP contribution in [0.15, 0.2) is 66.7 Å². The molecule has 7 nitrogen and oxygen atoms in total. The molecule has 3 aromatic carbocycles. The van der Waals surface area contributed by atoms with Crippen LogP contribution in [-0.2, 0) is 24.4 Å². The van der Waals surface area contributed by atoms with Gasteiger partial charge in [-0.3, -0.25) is 0 Å². The summed E-state index contributed by atoms with van der Waals surface area (Å²) in [6.45, 7) is 2.42.